The van der Waals surface area contributed by atoms with E-state index in [1.807, 2.05) is 0 Å². The number of amides is 1. The number of nitro benzene ring substituents is 1. The quantitative estimate of drug-likeness (QED) is 0.438. The van der Waals surface area contributed by atoms with Gasteiger partial charge < -0.3 is 15.7 Å². The SMILES string of the molecule is CCN(CC(N)=O)c1ccc([N+](=O)[O-])cc1/C=C/C(=O)O. The zero-order valence-electron chi connectivity index (χ0n) is 11.4. The summed E-state index contributed by atoms with van der Waals surface area (Å²) in [6.07, 6.45) is 2.12. The van der Waals surface area contributed by atoms with Gasteiger partial charge in [0.2, 0.25) is 5.91 Å². The van der Waals surface area contributed by atoms with Gasteiger partial charge in [0, 0.05) is 36.0 Å². The van der Waals surface area contributed by atoms with Crippen LogP contribution in [0.25, 0.3) is 6.08 Å². The van der Waals surface area contributed by atoms with E-state index in [9.17, 15) is 19.7 Å². The highest BCUT2D eigenvalue weighted by Gasteiger charge is 2.15. The molecule has 112 valence electrons. The van der Waals surface area contributed by atoms with Crippen LogP contribution in [0.5, 0.6) is 0 Å². The molecule has 0 aromatic heterocycles. The molecule has 1 amide bonds. The highest BCUT2D eigenvalue weighted by Crippen LogP contribution is 2.26. The lowest BCUT2D eigenvalue weighted by molar-refractivity contribution is -0.384. The van der Waals surface area contributed by atoms with Crippen LogP contribution in [0.4, 0.5) is 11.4 Å². The van der Waals surface area contributed by atoms with Gasteiger partial charge in [-0.15, -0.1) is 0 Å². The summed E-state index contributed by atoms with van der Waals surface area (Å²) in [5.41, 5.74) is 5.82. The van der Waals surface area contributed by atoms with Gasteiger partial charge in [0.25, 0.3) is 5.69 Å². The number of hydrogen-bond donors (Lipinski definition) is 2. The van der Waals surface area contributed by atoms with E-state index in [4.69, 9.17) is 10.8 Å². The molecule has 1 rings (SSSR count). The topological polar surface area (TPSA) is 127 Å². The molecule has 0 heterocycles. The molecule has 0 radical (unpaired) electrons. The molecule has 0 aliphatic rings. The van der Waals surface area contributed by atoms with Crippen LogP contribution in [0.1, 0.15) is 12.5 Å². The fraction of sp³-hybridized carbons (Fsp3) is 0.231. The number of carboxylic acids is 1. The molecule has 1 aromatic carbocycles. The fourth-order valence-electron chi connectivity index (χ4n) is 1.79. The second-order valence-electron chi connectivity index (χ2n) is 4.15. The van der Waals surface area contributed by atoms with Crippen LogP contribution in [0.15, 0.2) is 24.3 Å². The van der Waals surface area contributed by atoms with E-state index in [0.717, 1.165) is 6.08 Å². The van der Waals surface area contributed by atoms with Crippen molar-refractivity contribution in [1.29, 1.82) is 0 Å². The maximum atomic E-state index is 11.1. The van der Waals surface area contributed by atoms with Crippen LogP contribution in [0.3, 0.4) is 0 Å². The molecule has 0 fully saturated rings. The van der Waals surface area contributed by atoms with E-state index in [1.54, 1.807) is 11.8 Å². The number of rotatable bonds is 7. The first-order valence-corrected chi connectivity index (χ1v) is 6.07. The standard InChI is InChI=1S/C13H15N3O5/c1-2-15(8-12(14)17)11-5-4-10(16(20)21)7-9(11)3-6-13(18)19/h3-7H,2,8H2,1H3,(H2,14,17)(H,18,19)/b6-3+. The van der Waals surface area contributed by atoms with Gasteiger partial charge in [0.1, 0.15) is 0 Å². The number of nitro groups is 1. The van der Waals surface area contributed by atoms with Gasteiger partial charge in [0.05, 0.1) is 11.5 Å². The molecule has 0 unspecified atom stereocenters. The largest absolute Gasteiger partial charge is 0.478 e. The van der Waals surface area contributed by atoms with Crippen LogP contribution in [-0.4, -0.2) is 35.0 Å². The molecule has 3 N–H and O–H groups in total. The third kappa shape index (κ3) is 4.60. The molecule has 0 aliphatic carbocycles. The summed E-state index contributed by atoms with van der Waals surface area (Å²) in [5, 5.41) is 19.5. The van der Waals surface area contributed by atoms with E-state index in [2.05, 4.69) is 0 Å². The van der Waals surface area contributed by atoms with Crippen molar-refractivity contribution in [2.24, 2.45) is 5.73 Å². The minimum absolute atomic E-state index is 0.0672. The zero-order valence-corrected chi connectivity index (χ0v) is 11.4. The maximum absolute atomic E-state index is 11.1. The van der Waals surface area contributed by atoms with E-state index >= 15 is 0 Å². The number of carbonyl (C=O) groups is 2. The van der Waals surface area contributed by atoms with Crippen molar-refractivity contribution in [3.63, 3.8) is 0 Å². The third-order valence-electron chi connectivity index (χ3n) is 2.70. The van der Waals surface area contributed by atoms with Gasteiger partial charge in [-0.25, -0.2) is 4.79 Å². The molecule has 0 bridgehead atoms. The lowest BCUT2D eigenvalue weighted by atomic mass is 10.1. The summed E-state index contributed by atoms with van der Waals surface area (Å²) in [5.74, 6) is -1.73. The van der Waals surface area contributed by atoms with Crippen LogP contribution in [-0.2, 0) is 9.59 Å². The number of carbonyl (C=O) groups excluding carboxylic acids is 1. The maximum Gasteiger partial charge on any atom is 0.328 e. The third-order valence-corrected chi connectivity index (χ3v) is 2.70. The van der Waals surface area contributed by atoms with Crippen molar-refractivity contribution in [2.75, 3.05) is 18.0 Å². The fourth-order valence-corrected chi connectivity index (χ4v) is 1.79. The molecule has 0 saturated heterocycles. The minimum Gasteiger partial charge on any atom is -0.478 e. The van der Waals surface area contributed by atoms with E-state index in [-0.39, 0.29) is 12.2 Å². The molecule has 0 atom stereocenters. The van der Waals surface area contributed by atoms with E-state index in [0.29, 0.717) is 17.8 Å². The van der Waals surface area contributed by atoms with Crippen LogP contribution < -0.4 is 10.6 Å². The lowest BCUT2D eigenvalue weighted by Gasteiger charge is -2.23. The average molecular weight is 293 g/mol. The Balaban J connectivity index is 3.31. The van der Waals surface area contributed by atoms with Crippen molar-refractivity contribution in [2.45, 2.75) is 6.92 Å². The Morgan fingerprint density at radius 3 is 2.62 bits per heavy atom. The van der Waals surface area contributed by atoms with Crippen molar-refractivity contribution in [3.8, 4) is 0 Å². The summed E-state index contributed by atoms with van der Waals surface area (Å²) >= 11 is 0. The predicted octanol–water partition coefficient (Wildman–Crippen LogP) is 1.00. The summed E-state index contributed by atoms with van der Waals surface area (Å²) in [6, 6.07) is 4.00. The first-order chi connectivity index (χ1) is 9.85. The number of primary amides is 1. The second kappa shape index (κ2) is 7.04. The van der Waals surface area contributed by atoms with Gasteiger partial charge in [-0.2, -0.15) is 0 Å². The highest BCUT2D eigenvalue weighted by molar-refractivity contribution is 5.88. The molecule has 1 aromatic rings. The normalized spacial score (nSPS) is 10.5. The zero-order chi connectivity index (χ0) is 16.0. The smallest absolute Gasteiger partial charge is 0.328 e. The van der Waals surface area contributed by atoms with E-state index < -0.39 is 16.8 Å². The van der Waals surface area contributed by atoms with Crippen LogP contribution >= 0.6 is 0 Å². The van der Waals surface area contributed by atoms with Crippen LogP contribution in [0.2, 0.25) is 0 Å². The molecule has 8 nitrogen and oxygen atoms in total. The van der Waals surface area contributed by atoms with Gasteiger partial charge >= 0.3 is 5.97 Å². The molecule has 0 spiro atoms. The minimum atomic E-state index is -1.18. The van der Waals surface area contributed by atoms with Crippen molar-refractivity contribution < 1.29 is 19.6 Å². The number of likely N-dealkylation sites (N-methyl/N-ethyl adjacent to an activating group) is 1. The molecule has 21 heavy (non-hydrogen) atoms. The summed E-state index contributed by atoms with van der Waals surface area (Å²) in [6.45, 7) is 2.16. The molecule has 0 aliphatic heterocycles. The number of nitrogens with zero attached hydrogens (tertiary/aromatic N) is 2. The van der Waals surface area contributed by atoms with Gasteiger partial charge in [-0.1, -0.05) is 0 Å². The first kappa shape index (κ1) is 16.2. The molecule has 0 saturated carbocycles. The lowest BCUT2D eigenvalue weighted by Crippen LogP contribution is -2.34. The number of aliphatic carboxylic acids is 1. The monoisotopic (exact) mass is 293 g/mol. The number of carboxylic acid groups (broad SMARTS) is 1. The van der Waals surface area contributed by atoms with Crippen LogP contribution in [0, 0.1) is 10.1 Å². The number of anilines is 1. The Bertz CT molecular complexity index is 597. The van der Waals surface area contributed by atoms with E-state index in [1.165, 1.54) is 24.3 Å². The van der Waals surface area contributed by atoms with Gasteiger partial charge in [-0.3, -0.25) is 14.9 Å². The first-order valence-electron chi connectivity index (χ1n) is 6.07. The Kier molecular flexibility index (Phi) is 5.41. The predicted molar refractivity (Wildman–Crippen MR) is 76.8 cm³/mol. The Hall–Kier alpha value is -2.90. The number of non-ortho nitro benzene ring substituents is 1. The van der Waals surface area contributed by atoms with Crippen molar-refractivity contribution in [1.82, 2.24) is 0 Å². The second-order valence-corrected chi connectivity index (χ2v) is 4.15. The Morgan fingerprint density at radius 1 is 1.48 bits per heavy atom. The number of benzene rings is 1. The summed E-state index contributed by atoms with van der Waals surface area (Å²) in [7, 11) is 0. The van der Waals surface area contributed by atoms with Crippen molar-refractivity contribution in [3.05, 3.63) is 40.0 Å². The summed E-state index contributed by atoms with van der Waals surface area (Å²) < 4.78 is 0. The molecule has 8 heteroatoms. The number of hydrogen-bond acceptors (Lipinski definition) is 5. The Labute approximate surface area is 120 Å². The Morgan fingerprint density at radius 2 is 2.14 bits per heavy atom. The average Bonchev–Trinajstić information content (AvgIpc) is 2.42. The number of nitrogens with two attached hydrogens (primary N) is 1. The molecular weight excluding hydrogens is 278 g/mol. The summed E-state index contributed by atoms with van der Waals surface area (Å²) in [4.78, 5) is 33.5. The van der Waals surface area contributed by atoms with Crippen molar-refractivity contribution >= 4 is 29.3 Å². The van der Waals surface area contributed by atoms with Gasteiger partial charge in [-0.05, 0) is 19.1 Å². The van der Waals surface area contributed by atoms with Gasteiger partial charge in [0.15, 0.2) is 0 Å². The molecular formula is C13H15N3O5. The highest BCUT2D eigenvalue weighted by atomic mass is 16.6.